The van der Waals surface area contributed by atoms with Crippen molar-refractivity contribution in [3.05, 3.63) is 108 Å². The van der Waals surface area contributed by atoms with Crippen LogP contribution in [-0.4, -0.2) is 21.3 Å². The summed E-state index contributed by atoms with van der Waals surface area (Å²) >= 11 is 3.32. The van der Waals surface area contributed by atoms with Gasteiger partial charge in [-0.3, -0.25) is 30.4 Å². The maximum atomic E-state index is 13.2. The Morgan fingerprint density at radius 2 is 1.58 bits per heavy atom. The number of halogens is 1. The average molecular weight is 481 g/mol. The number of hydrogen-bond acceptors (Lipinski definition) is 7. The Balaban J connectivity index is 1.80. The van der Waals surface area contributed by atoms with Crippen LogP contribution in [0.4, 0.5) is 17.1 Å². The summed E-state index contributed by atoms with van der Waals surface area (Å²) in [5.74, 6) is -1.26. The van der Waals surface area contributed by atoms with Crippen LogP contribution in [0.25, 0.3) is 0 Å². The summed E-state index contributed by atoms with van der Waals surface area (Å²) < 4.78 is 0.597. The lowest BCUT2D eigenvalue weighted by molar-refractivity contribution is -0.385. The molecule has 4 rings (SSSR count). The van der Waals surface area contributed by atoms with Crippen molar-refractivity contribution >= 4 is 44.5 Å². The van der Waals surface area contributed by atoms with Gasteiger partial charge in [0.1, 0.15) is 0 Å². The standard InChI is InChI=1S/C21H13BrN4O5/c22-12-5-10-18(26(30)31)17(11-12)19-20(15-3-1-2-4-16(15)21(19)27)24-23-13-6-8-14(9-7-13)25(28)29/h1-11,19,23H/b24-20-. The SMILES string of the molecule is O=C1c2ccccc2/C(=N/Nc2ccc([N+](=O)[O-])cc2)C1c1cc(Br)ccc1[N+](=O)[O-]. The third kappa shape index (κ3) is 3.80. The molecule has 0 aliphatic heterocycles. The van der Waals surface area contributed by atoms with E-state index in [-0.39, 0.29) is 22.7 Å². The van der Waals surface area contributed by atoms with Crippen molar-refractivity contribution in [2.75, 3.05) is 5.43 Å². The highest BCUT2D eigenvalue weighted by molar-refractivity contribution is 9.10. The predicted molar refractivity (Wildman–Crippen MR) is 118 cm³/mol. The smallest absolute Gasteiger partial charge is 0.273 e. The summed E-state index contributed by atoms with van der Waals surface area (Å²) in [5.41, 5.74) is 4.58. The van der Waals surface area contributed by atoms with Gasteiger partial charge in [-0.25, -0.2) is 0 Å². The lowest BCUT2D eigenvalue weighted by atomic mass is 9.92. The number of hydrazone groups is 1. The van der Waals surface area contributed by atoms with Crippen LogP contribution in [0.5, 0.6) is 0 Å². The highest BCUT2D eigenvalue weighted by Crippen LogP contribution is 2.39. The highest BCUT2D eigenvalue weighted by atomic mass is 79.9. The van der Waals surface area contributed by atoms with Crippen LogP contribution in [0.1, 0.15) is 27.4 Å². The molecule has 0 heterocycles. The molecule has 31 heavy (non-hydrogen) atoms. The molecular formula is C21H13BrN4O5. The molecule has 0 aromatic heterocycles. The lowest BCUT2D eigenvalue weighted by Gasteiger charge is -2.12. The molecule has 0 saturated carbocycles. The molecule has 1 atom stereocenters. The number of nitro benzene ring substituents is 2. The molecule has 10 heteroatoms. The number of fused-ring (bicyclic) bond motifs is 1. The van der Waals surface area contributed by atoms with Gasteiger partial charge in [0.2, 0.25) is 0 Å². The molecular weight excluding hydrogens is 468 g/mol. The van der Waals surface area contributed by atoms with Gasteiger partial charge in [0, 0.05) is 39.4 Å². The van der Waals surface area contributed by atoms with Crippen molar-refractivity contribution in [3.63, 3.8) is 0 Å². The van der Waals surface area contributed by atoms with E-state index in [0.29, 0.717) is 27.0 Å². The molecule has 1 aliphatic rings. The van der Waals surface area contributed by atoms with Gasteiger partial charge in [0.05, 0.1) is 27.2 Å². The summed E-state index contributed by atoms with van der Waals surface area (Å²) in [6.07, 6.45) is 0. The van der Waals surface area contributed by atoms with Gasteiger partial charge in [-0.05, 0) is 24.3 Å². The van der Waals surface area contributed by atoms with Crippen molar-refractivity contribution < 1.29 is 14.6 Å². The van der Waals surface area contributed by atoms with E-state index >= 15 is 0 Å². The first-order valence-electron chi connectivity index (χ1n) is 9.02. The Labute approximate surface area is 183 Å². The first-order valence-corrected chi connectivity index (χ1v) is 9.81. The zero-order valence-electron chi connectivity index (χ0n) is 15.7. The van der Waals surface area contributed by atoms with Crippen molar-refractivity contribution in [2.45, 2.75) is 5.92 Å². The molecule has 0 radical (unpaired) electrons. The molecule has 0 fully saturated rings. The van der Waals surface area contributed by atoms with Crippen LogP contribution in [0.15, 0.2) is 76.3 Å². The van der Waals surface area contributed by atoms with Gasteiger partial charge >= 0.3 is 0 Å². The summed E-state index contributed by atoms with van der Waals surface area (Å²) in [7, 11) is 0. The molecule has 3 aromatic carbocycles. The summed E-state index contributed by atoms with van der Waals surface area (Å²) in [4.78, 5) is 34.6. The number of non-ortho nitro benzene ring substituents is 1. The molecule has 154 valence electrons. The number of carbonyl (C=O) groups excluding carboxylic acids is 1. The lowest BCUT2D eigenvalue weighted by Crippen LogP contribution is -2.17. The predicted octanol–water partition coefficient (Wildman–Crippen LogP) is 5.06. The van der Waals surface area contributed by atoms with Crippen molar-refractivity contribution in [1.29, 1.82) is 0 Å². The second-order valence-electron chi connectivity index (χ2n) is 6.72. The number of benzene rings is 3. The van der Waals surface area contributed by atoms with E-state index in [4.69, 9.17) is 0 Å². The zero-order valence-corrected chi connectivity index (χ0v) is 17.3. The number of anilines is 1. The molecule has 1 N–H and O–H groups in total. The third-order valence-electron chi connectivity index (χ3n) is 4.88. The maximum absolute atomic E-state index is 13.2. The van der Waals surface area contributed by atoms with Gasteiger partial charge < -0.3 is 0 Å². The second kappa shape index (κ2) is 8.07. The number of nitrogens with one attached hydrogen (secondary N) is 1. The topological polar surface area (TPSA) is 128 Å². The molecule has 1 unspecified atom stereocenters. The molecule has 3 aromatic rings. The molecule has 0 bridgehead atoms. The van der Waals surface area contributed by atoms with Gasteiger partial charge in [0.15, 0.2) is 5.78 Å². The first-order chi connectivity index (χ1) is 14.9. The summed E-state index contributed by atoms with van der Waals surface area (Å²) in [6, 6.07) is 16.9. The normalized spacial score (nSPS) is 16.2. The molecule has 0 saturated heterocycles. The Kier molecular flexibility index (Phi) is 5.30. The van der Waals surface area contributed by atoms with Crippen LogP contribution < -0.4 is 5.43 Å². The van der Waals surface area contributed by atoms with Crippen LogP contribution in [0.2, 0.25) is 0 Å². The van der Waals surface area contributed by atoms with Crippen LogP contribution >= 0.6 is 15.9 Å². The van der Waals surface area contributed by atoms with Gasteiger partial charge in [-0.1, -0.05) is 40.2 Å². The van der Waals surface area contributed by atoms with Crippen molar-refractivity contribution in [3.8, 4) is 0 Å². The third-order valence-corrected chi connectivity index (χ3v) is 5.38. The minimum atomic E-state index is -0.971. The Bertz CT molecular complexity index is 1260. The molecule has 1 aliphatic carbocycles. The Morgan fingerprint density at radius 3 is 2.23 bits per heavy atom. The zero-order chi connectivity index (χ0) is 22.1. The minimum Gasteiger partial charge on any atom is -0.293 e. The molecule has 0 amide bonds. The van der Waals surface area contributed by atoms with Crippen LogP contribution in [0, 0.1) is 20.2 Å². The van der Waals surface area contributed by atoms with Crippen molar-refractivity contribution in [1.82, 2.24) is 0 Å². The van der Waals surface area contributed by atoms with Crippen LogP contribution in [0.3, 0.4) is 0 Å². The quantitative estimate of drug-likeness (QED) is 0.401. The van der Waals surface area contributed by atoms with E-state index in [9.17, 15) is 25.0 Å². The van der Waals surface area contributed by atoms with E-state index in [1.54, 1.807) is 36.4 Å². The Morgan fingerprint density at radius 1 is 0.903 bits per heavy atom. The fourth-order valence-corrected chi connectivity index (χ4v) is 3.85. The highest BCUT2D eigenvalue weighted by Gasteiger charge is 2.41. The number of nitro groups is 2. The van der Waals surface area contributed by atoms with Gasteiger partial charge in [0.25, 0.3) is 11.4 Å². The number of carbonyl (C=O) groups is 1. The monoisotopic (exact) mass is 480 g/mol. The largest absolute Gasteiger partial charge is 0.293 e. The molecule has 9 nitrogen and oxygen atoms in total. The van der Waals surface area contributed by atoms with Crippen molar-refractivity contribution in [2.24, 2.45) is 5.10 Å². The van der Waals surface area contributed by atoms with E-state index in [0.717, 1.165) is 0 Å². The minimum absolute atomic E-state index is 0.0674. The maximum Gasteiger partial charge on any atom is 0.273 e. The van der Waals surface area contributed by atoms with Crippen LogP contribution in [-0.2, 0) is 0 Å². The van der Waals surface area contributed by atoms with Gasteiger partial charge in [-0.15, -0.1) is 0 Å². The molecule has 0 spiro atoms. The number of nitrogens with zero attached hydrogens (tertiary/aromatic N) is 3. The number of rotatable bonds is 5. The van der Waals surface area contributed by atoms with E-state index in [1.807, 2.05) is 0 Å². The second-order valence-corrected chi connectivity index (χ2v) is 7.63. The summed E-state index contributed by atoms with van der Waals surface area (Å²) in [6.45, 7) is 0. The van der Waals surface area contributed by atoms with E-state index in [2.05, 4.69) is 26.5 Å². The number of Topliss-reactive ketones (excluding diaryl/α,β-unsaturated/α-hetero) is 1. The summed E-state index contributed by atoms with van der Waals surface area (Å²) in [5, 5.41) is 26.8. The van der Waals surface area contributed by atoms with Gasteiger partial charge in [-0.2, -0.15) is 5.10 Å². The Hall–Kier alpha value is -3.92. The first kappa shape index (κ1) is 20.4. The average Bonchev–Trinajstić information content (AvgIpc) is 3.04. The fraction of sp³-hybridized carbons (Fsp3) is 0.0476. The van der Waals surface area contributed by atoms with E-state index < -0.39 is 15.8 Å². The number of hydrogen-bond donors (Lipinski definition) is 1. The fourth-order valence-electron chi connectivity index (χ4n) is 3.48. The number of ketones is 1. The van der Waals surface area contributed by atoms with E-state index in [1.165, 1.54) is 30.3 Å².